The zero-order valence-corrected chi connectivity index (χ0v) is 14.2. The second-order valence-electron chi connectivity index (χ2n) is 6.32. The Hall–Kier alpha value is -2.32. The second-order valence-corrected chi connectivity index (χ2v) is 7.43. The molecule has 0 bridgehead atoms. The first kappa shape index (κ1) is 16.2. The molecular formula is C17H17N3O4S. The summed E-state index contributed by atoms with van der Waals surface area (Å²) in [6.07, 6.45) is 2.96. The van der Waals surface area contributed by atoms with Crippen LogP contribution in [0.25, 0.3) is 11.0 Å². The molecule has 2 N–H and O–H groups in total. The lowest BCUT2D eigenvalue weighted by Gasteiger charge is -2.18. The van der Waals surface area contributed by atoms with E-state index in [2.05, 4.69) is 10.3 Å². The minimum Gasteiger partial charge on any atom is -0.475 e. The van der Waals surface area contributed by atoms with Gasteiger partial charge in [0.25, 0.3) is 0 Å². The third-order valence-electron chi connectivity index (χ3n) is 4.39. The maximum absolute atomic E-state index is 11.5. The van der Waals surface area contributed by atoms with E-state index < -0.39 is 11.6 Å². The number of para-hydroxylation sites is 1. The maximum atomic E-state index is 11.5. The maximum Gasteiger partial charge on any atom is 0.372 e. The molecule has 1 atom stereocenters. The number of carboxylic acid groups (broad SMARTS) is 1. The van der Waals surface area contributed by atoms with Gasteiger partial charge in [0, 0.05) is 29.3 Å². The third-order valence-corrected chi connectivity index (χ3v) is 5.63. The molecule has 0 amide bonds. The first-order chi connectivity index (χ1) is 12.0. The number of carboxylic acids is 1. The molecule has 8 heteroatoms. The van der Waals surface area contributed by atoms with Gasteiger partial charge in [-0.05, 0) is 18.2 Å². The van der Waals surface area contributed by atoms with Crippen molar-refractivity contribution in [3.63, 3.8) is 0 Å². The van der Waals surface area contributed by atoms with Crippen LogP contribution in [0, 0.1) is 0 Å². The van der Waals surface area contributed by atoms with Gasteiger partial charge in [-0.15, -0.1) is 5.10 Å². The number of benzene rings is 1. The molecule has 7 nitrogen and oxygen atoms in total. The van der Waals surface area contributed by atoms with Gasteiger partial charge in [0.2, 0.25) is 5.76 Å². The fourth-order valence-corrected chi connectivity index (χ4v) is 4.46. The molecule has 1 aliphatic rings. The normalized spacial score (nSPS) is 20.4. The number of rotatable bonds is 5. The number of carbonyl (C=O) groups is 1. The quantitative estimate of drug-likeness (QED) is 0.720. The molecule has 0 spiro atoms. The van der Waals surface area contributed by atoms with Crippen LogP contribution in [0.4, 0.5) is 0 Å². The summed E-state index contributed by atoms with van der Waals surface area (Å²) in [5.74, 6) is 0.469. The van der Waals surface area contributed by atoms with Gasteiger partial charge in [-0.25, -0.2) is 9.48 Å². The standard InChI is InChI=1S/C17H17N3O4S/c21-16(22)15-13(12-3-1-2-4-14(12)24-15)9-20-8-11(18-19-20)7-17(23)5-6-25-10-17/h1-4,8,23H,5-7,9-10H2,(H,21,22). The Balaban J connectivity index is 1.61. The number of hydrogen-bond donors (Lipinski definition) is 2. The van der Waals surface area contributed by atoms with Crippen molar-refractivity contribution < 1.29 is 19.4 Å². The first-order valence-electron chi connectivity index (χ1n) is 7.97. The first-order valence-corrected chi connectivity index (χ1v) is 9.12. The highest BCUT2D eigenvalue weighted by molar-refractivity contribution is 7.99. The Labute approximate surface area is 147 Å². The van der Waals surface area contributed by atoms with E-state index in [-0.39, 0.29) is 12.3 Å². The van der Waals surface area contributed by atoms with Gasteiger partial charge in [-0.2, -0.15) is 11.8 Å². The summed E-state index contributed by atoms with van der Waals surface area (Å²) in [5.41, 5.74) is 1.08. The van der Waals surface area contributed by atoms with Crippen molar-refractivity contribution in [2.24, 2.45) is 0 Å². The van der Waals surface area contributed by atoms with E-state index in [0.29, 0.717) is 29.0 Å². The van der Waals surface area contributed by atoms with E-state index in [0.717, 1.165) is 17.6 Å². The van der Waals surface area contributed by atoms with Crippen molar-refractivity contribution in [1.29, 1.82) is 0 Å². The van der Waals surface area contributed by atoms with Crippen LogP contribution < -0.4 is 0 Å². The van der Waals surface area contributed by atoms with Crippen LogP contribution >= 0.6 is 11.8 Å². The van der Waals surface area contributed by atoms with E-state index in [1.165, 1.54) is 0 Å². The predicted molar refractivity (Wildman–Crippen MR) is 92.9 cm³/mol. The predicted octanol–water partition coefficient (Wildman–Crippen LogP) is 2.18. The Morgan fingerprint density at radius 1 is 1.40 bits per heavy atom. The van der Waals surface area contributed by atoms with Crippen LogP contribution in [0.1, 0.15) is 28.2 Å². The number of hydrogen-bond acceptors (Lipinski definition) is 6. The lowest BCUT2D eigenvalue weighted by molar-refractivity contribution is 0.0660. The van der Waals surface area contributed by atoms with Crippen molar-refractivity contribution in [3.8, 4) is 0 Å². The molecule has 3 heterocycles. The fourth-order valence-electron chi connectivity index (χ4n) is 3.16. The van der Waals surface area contributed by atoms with Crippen LogP contribution in [-0.4, -0.2) is 48.3 Å². The smallest absolute Gasteiger partial charge is 0.372 e. The Morgan fingerprint density at radius 3 is 3.00 bits per heavy atom. The van der Waals surface area contributed by atoms with Crippen molar-refractivity contribution in [2.45, 2.75) is 25.0 Å². The molecule has 1 saturated heterocycles. The average Bonchev–Trinajstić information content (AvgIpc) is 3.28. The molecule has 130 valence electrons. The van der Waals surface area contributed by atoms with E-state index in [4.69, 9.17) is 4.42 Å². The van der Waals surface area contributed by atoms with Gasteiger partial charge in [-0.3, -0.25) is 0 Å². The molecule has 0 saturated carbocycles. The lowest BCUT2D eigenvalue weighted by Crippen LogP contribution is -2.30. The van der Waals surface area contributed by atoms with Crippen LogP contribution in [0.5, 0.6) is 0 Å². The zero-order valence-electron chi connectivity index (χ0n) is 13.4. The number of aromatic carboxylic acids is 1. The van der Waals surface area contributed by atoms with Crippen molar-refractivity contribution in [1.82, 2.24) is 15.0 Å². The zero-order chi connectivity index (χ0) is 17.4. The molecule has 25 heavy (non-hydrogen) atoms. The van der Waals surface area contributed by atoms with Crippen LogP contribution in [0.15, 0.2) is 34.9 Å². The summed E-state index contributed by atoms with van der Waals surface area (Å²) in [7, 11) is 0. The Morgan fingerprint density at radius 2 is 2.24 bits per heavy atom. The van der Waals surface area contributed by atoms with Crippen LogP contribution in [-0.2, 0) is 13.0 Å². The minimum absolute atomic E-state index is 0.0796. The summed E-state index contributed by atoms with van der Waals surface area (Å²) < 4.78 is 7.05. The number of aliphatic hydroxyl groups is 1. The van der Waals surface area contributed by atoms with Gasteiger partial charge in [0.15, 0.2) is 0 Å². The van der Waals surface area contributed by atoms with Crippen molar-refractivity contribution in [3.05, 3.63) is 47.5 Å². The molecule has 1 aromatic carbocycles. The highest BCUT2D eigenvalue weighted by Gasteiger charge is 2.33. The monoisotopic (exact) mass is 359 g/mol. The average molecular weight is 359 g/mol. The number of furan rings is 1. The SMILES string of the molecule is O=C(O)c1oc2ccccc2c1Cn1cc(CC2(O)CCSC2)nn1. The summed E-state index contributed by atoms with van der Waals surface area (Å²) in [6, 6.07) is 7.21. The van der Waals surface area contributed by atoms with Crippen LogP contribution in [0.2, 0.25) is 0 Å². The molecule has 2 aromatic heterocycles. The largest absolute Gasteiger partial charge is 0.475 e. The Kier molecular flexibility index (Phi) is 4.01. The number of nitrogens with zero attached hydrogens (tertiary/aromatic N) is 3. The highest BCUT2D eigenvalue weighted by atomic mass is 32.2. The van der Waals surface area contributed by atoms with Gasteiger partial charge >= 0.3 is 5.97 Å². The van der Waals surface area contributed by atoms with E-state index in [1.807, 2.05) is 12.1 Å². The second kappa shape index (κ2) is 6.20. The van der Waals surface area contributed by atoms with Gasteiger partial charge < -0.3 is 14.6 Å². The third kappa shape index (κ3) is 3.14. The van der Waals surface area contributed by atoms with Gasteiger partial charge in [-0.1, -0.05) is 23.4 Å². The van der Waals surface area contributed by atoms with E-state index >= 15 is 0 Å². The van der Waals surface area contributed by atoms with Crippen molar-refractivity contribution in [2.75, 3.05) is 11.5 Å². The molecule has 0 radical (unpaired) electrons. The summed E-state index contributed by atoms with van der Waals surface area (Å²) >= 11 is 1.73. The molecule has 0 aliphatic carbocycles. The summed E-state index contributed by atoms with van der Waals surface area (Å²) in [5, 5.41) is 28.8. The summed E-state index contributed by atoms with van der Waals surface area (Å²) in [4.78, 5) is 11.5. The summed E-state index contributed by atoms with van der Waals surface area (Å²) in [6.45, 7) is 0.249. The Bertz CT molecular complexity index is 927. The van der Waals surface area contributed by atoms with E-state index in [1.54, 1.807) is 34.8 Å². The molecule has 1 fully saturated rings. The fraction of sp³-hybridized carbons (Fsp3) is 0.353. The molecule has 4 rings (SSSR count). The van der Waals surface area contributed by atoms with E-state index in [9.17, 15) is 15.0 Å². The number of fused-ring (bicyclic) bond motifs is 1. The number of thioether (sulfide) groups is 1. The topological polar surface area (TPSA) is 101 Å². The minimum atomic E-state index is -1.11. The van der Waals surface area contributed by atoms with Gasteiger partial charge in [0.05, 0.1) is 17.8 Å². The highest BCUT2D eigenvalue weighted by Crippen LogP contribution is 2.30. The van der Waals surface area contributed by atoms with Crippen molar-refractivity contribution >= 4 is 28.7 Å². The number of aromatic nitrogens is 3. The lowest BCUT2D eigenvalue weighted by atomic mass is 9.98. The molecule has 3 aromatic rings. The van der Waals surface area contributed by atoms with Crippen LogP contribution in [0.3, 0.4) is 0 Å². The molecule has 1 aliphatic heterocycles. The molecular weight excluding hydrogens is 342 g/mol. The van der Waals surface area contributed by atoms with Gasteiger partial charge in [0.1, 0.15) is 5.58 Å². The molecule has 1 unspecified atom stereocenters.